The molecule has 25 heavy (non-hydrogen) atoms. The Morgan fingerprint density at radius 3 is 2.76 bits per heavy atom. The van der Waals surface area contributed by atoms with Crippen LogP contribution in [-0.4, -0.2) is 23.9 Å². The highest BCUT2D eigenvalue weighted by atomic mass is 32.1. The molecule has 3 aromatic rings. The normalized spacial score (nSPS) is 17.2. The number of nitrogens with one attached hydrogen (secondary N) is 1. The van der Waals surface area contributed by atoms with E-state index in [1.54, 1.807) is 34.8 Å². The third kappa shape index (κ3) is 3.51. The maximum absolute atomic E-state index is 13.0. The number of fused-ring (bicyclic) bond motifs is 1. The zero-order valence-electron chi connectivity index (χ0n) is 13.4. The third-order valence-electron chi connectivity index (χ3n) is 4.35. The van der Waals surface area contributed by atoms with Crippen molar-refractivity contribution in [3.8, 4) is 0 Å². The van der Waals surface area contributed by atoms with Crippen molar-refractivity contribution in [2.45, 2.75) is 12.5 Å². The predicted octanol–water partition coefficient (Wildman–Crippen LogP) is 4.53. The van der Waals surface area contributed by atoms with Crippen molar-refractivity contribution in [1.29, 1.82) is 0 Å². The Morgan fingerprint density at radius 1 is 1.16 bits per heavy atom. The minimum atomic E-state index is -0.309. The van der Waals surface area contributed by atoms with Crippen LogP contribution in [0.3, 0.4) is 0 Å². The monoisotopic (exact) mass is 372 g/mol. The lowest BCUT2D eigenvalue weighted by molar-refractivity contribution is -0.117. The maximum atomic E-state index is 13.0. The van der Waals surface area contributed by atoms with Crippen LogP contribution in [0.15, 0.2) is 53.2 Å². The zero-order chi connectivity index (χ0) is 17.2. The van der Waals surface area contributed by atoms with E-state index in [4.69, 9.17) is 0 Å². The molecule has 1 aromatic carbocycles. The molecule has 1 atom stereocenters. The van der Waals surface area contributed by atoms with E-state index < -0.39 is 0 Å². The van der Waals surface area contributed by atoms with Crippen LogP contribution in [0.4, 0.5) is 10.1 Å². The molecule has 1 amide bonds. The lowest BCUT2D eigenvalue weighted by Crippen LogP contribution is -2.40. The molecule has 0 radical (unpaired) electrons. The number of nitrogens with zero attached hydrogens (tertiary/aromatic N) is 1. The molecule has 2 aromatic heterocycles. The minimum absolute atomic E-state index is 0.0770. The summed E-state index contributed by atoms with van der Waals surface area (Å²) in [5.74, 6) is -0.386. The van der Waals surface area contributed by atoms with E-state index in [9.17, 15) is 9.18 Å². The second kappa shape index (κ2) is 7.07. The second-order valence-corrected chi connectivity index (χ2v) is 7.97. The SMILES string of the molecule is O=C(CN1CCc2sccc2C1c1cccs1)Nc1ccc(F)cc1. The highest BCUT2D eigenvalue weighted by Crippen LogP contribution is 2.39. The molecular weight excluding hydrogens is 355 g/mol. The molecule has 0 fully saturated rings. The molecule has 4 rings (SSSR count). The highest BCUT2D eigenvalue weighted by molar-refractivity contribution is 7.10. The van der Waals surface area contributed by atoms with Gasteiger partial charge in [0.2, 0.25) is 5.91 Å². The van der Waals surface area contributed by atoms with Crippen LogP contribution in [0.1, 0.15) is 21.4 Å². The van der Waals surface area contributed by atoms with Crippen LogP contribution < -0.4 is 5.32 Å². The summed E-state index contributed by atoms with van der Waals surface area (Å²) < 4.78 is 13.0. The van der Waals surface area contributed by atoms with Gasteiger partial charge >= 0.3 is 0 Å². The molecule has 0 saturated heterocycles. The Kier molecular flexibility index (Phi) is 4.65. The predicted molar refractivity (Wildman–Crippen MR) is 101 cm³/mol. The summed E-state index contributed by atoms with van der Waals surface area (Å²) in [5, 5.41) is 7.07. The number of amides is 1. The Hall–Kier alpha value is -2.02. The van der Waals surface area contributed by atoms with E-state index in [1.165, 1.54) is 27.5 Å². The van der Waals surface area contributed by atoms with Crippen molar-refractivity contribution in [2.75, 3.05) is 18.4 Å². The average molecular weight is 372 g/mol. The fraction of sp³-hybridized carbons (Fsp3) is 0.211. The topological polar surface area (TPSA) is 32.3 Å². The standard InChI is InChI=1S/C19H17FN2OS2/c20-13-3-5-14(6-4-13)21-18(23)12-22-9-7-16-15(8-11-25-16)19(22)17-2-1-10-24-17/h1-6,8,10-11,19H,7,9,12H2,(H,21,23). The number of rotatable bonds is 4. The van der Waals surface area contributed by atoms with E-state index in [1.807, 2.05) is 0 Å². The molecule has 0 bridgehead atoms. The largest absolute Gasteiger partial charge is 0.325 e. The number of hydrogen-bond donors (Lipinski definition) is 1. The molecule has 1 aliphatic rings. The molecule has 1 N–H and O–H groups in total. The Bertz CT molecular complexity index is 858. The van der Waals surface area contributed by atoms with Crippen molar-refractivity contribution in [3.05, 3.63) is 74.4 Å². The number of hydrogen-bond acceptors (Lipinski definition) is 4. The zero-order valence-corrected chi connectivity index (χ0v) is 15.1. The van der Waals surface area contributed by atoms with Gasteiger partial charge in [0.25, 0.3) is 0 Å². The van der Waals surface area contributed by atoms with Gasteiger partial charge in [-0.2, -0.15) is 0 Å². The fourth-order valence-corrected chi connectivity index (χ4v) is 5.02. The third-order valence-corrected chi connectivity index (χ3v) is 6.27. The van der Waals surface area contributed by atoms with Crippen molar-refractivity contribution in [1.82, 2.24) is 4.90 Å². The molecule has 1 unspecified atom stereocenters. The number of halogens is 1. The molecule has 0 spiro atoms. The van der Waals surface area contributed by atoms with Crippen molar-refractivity contribution < 1.29 is 9.18 Å². The Morgan fingerprint density at radius 2 is 2.00 bits per heavy atom. The average Bonchev–Trinajstić information content (AvgIpc) is 3.28. The van der Waals surface area contributed by atoms with Crippen LogP contribution in [0, 0.1) is 5.82 Å². The quantitative estimate of drug-likeness (QED) is 0.729. The number of benzene rings is 1. The Balaban J connectivity index is 1.52. The second-order valence-electron chi connectivity index (χ2n) is 5.99. The van der Waals surface area contributed by atoms with Gasteiger partial charge in [0.05, 0.1) is 12.6 Å². The first-order valence-electron chi connectivity index (χ1n) is 8.10. The summed E-state index contributed by atoms with van der Waals surface area (Å²) >= 11 is 3.52. The van der Waals surface area contributed by atoms with Crippen LogP contribution in [-0.2, 0) is 11.2 Å². The molecule has 0 aliphatic carbocycles. The first-order valence-corrected chi connectivity index (χ1v) is 9.86. The van der Waals surface area contributed by atoms with Gasteiger partial charge in [0, 0.05) is 22.0 Å². The molecule has 6 heteroatoms. The van der Waals surface area contributed by atoms with Gasteiger partial charge in [-0.1, -0.05) is 6.07 Å². The number of carbonyl (C=O) groups excluding carboxylic acids is 1. The lowest BCUT2D eigenvalue weighted by atomic mass is 9.98. The molecule has 3 heterocycles. The molecular formula is C19H17FN2OS2. The molecule has 0 saturated carbocycles. The van der Waals surface area contributed by atoms with E-state index in [0.717, 1.165) is 13.0 Å². The molecule has 3 nitrogen and oxygen atoms in total. The van der Waals surface area contributed by atoms with Gasteiger partial charge in [-0.15, -0.1) is 22.7 Å². The van der Waals surface area contributed by atoms with Crippen LogP contribution in [0.5, 0.6) is 0 Å². The minimum Gasteiger partial charge on any atom is -0.325 e. The molecule has 1 aliphatic heterocycles. The van der Waals surface area contributed by atoms with Gasteiger partial charge < -0.3 is 5.32 Å². The van der Waals surface area contributed by atoms with Crippen LogP contribution in [0.2, 0.25) is 0 Å². The summed E-state index contributed by atoms with van der Waals surface area (Å²) in [6.07, 6.45) is 0.971. The van der Waals surface area contributed by atoms with E-state index in [-0.39, 0.29) is 17.8 Å². The van der Waals surface area contributed by atoms with Crippen LogP contribution >= 0.6 is 22.7 Å². The Labute approximate surface area is 153 Å². The first-order chi connectivity index (χ1) is 12.2. The number of anilines is 1. The van der Waals surface area contributed by atoms with Crippen molar-refractivity contribution in [3.63, 3.8) is 0 Å². The molecule has 128 valence electrons. The highest BCUT2D eigenvalue weighted by Gasteiger charge is 2.31. The van der Waals surface area contributed by atoms with Crippen molar-refractivity contribution >= 4 is 34.3 Å². The maximum Gasteiger partial charge on any atom is 0.238 e. The van der Waals surface area contributed by atoms with Crippen molar-refractivity contribution in [2.24, 2.45) is 0 Å². The van der Waals surface area contributed by atoms with Gasteiger partial charge in [0.15, 0.2) is 0 Å². The summed E-state index contributed by atoms with van der Waals surface area (Å²) in [6, 6.07) is 12.4. The summed E-state index contributed by atoms with van der Waals surface area (Å²) in [7, 11) is 0. The smallest absolute Gasteiger partial charge is 0.238 e. The lowest BCUT2D eigenvalue weighted by Gasteiger charge is -2.34. The van der Waals surface area contributed by atoms with Gasteiger partial charge in [-0.3, -0.25) is 9.69 Å². The van der Waals surface area contributed by atoms with Crippen LogP contribution in [0.25, 0.3) is 0 Å². The van der Waals surface area contributed by atoms with Gasteiger partial charge in [-0.05, 0) is 59.1 Å². The van der Waals surface area contributed by atoms with E-state index in [0.29, 0.717) is 12.2 Å². The van der Waals surface area contributed by atoms with Gasteiger partial charge in [-0.25, -0.2) is 4.39 Å². The van der Waals surface area contributed by atoms with Gasteiger partial charge in [0.1, 0.15) is 5.82 Å². The van der Waals surface area contributed by atoms with E-state index in [2.05, 4.69) is 39.2 Å². The summed E-state index contributed by atoms with van der Waals surface area (Å²) in [6.45, 7) is 1.17. The first kappa shape index (κ1) is 16.4. The fourth-order valence-electron chi connectivity index (χ4n) is 3.24. The number of thiophene rings is 2. The summed E-state index contributed by atoms with van der Waals surface area (Å²) in [4.78, 5) is 17.4. The van der Waals surface area contributed by atoms with E-state index >= 15 is 0 Å². The summed E-state index contributed by atoms with van der Waals surface area (Å²) in [5.41, 5.74) is 1.93. The number of carbonyl (C=O) groups is 1.